The van der Waals surface area contributed by atoms with E-state index in [4.69, 9.17) is 0 Å². The van der Waals surface area contributed by atoms with Crippen LogP contribution in [-0.2, 0) is 16.0 Å². The van der Waals surface area contributed by atoms with Crippen molar-refractivity contribution in [1.29, 1.82) is 0 Å². The Kier molecular flexibility index (Phi) is 5.64. The first kappa shape index (κ1) is 18.2. The molecule has 0 aliphatic carbocycles. The van der Waals surface area contributed by atoms with Gasteiger partial charge in [-0.25, -0.2) is 0 Å². The second kappa shape index (κ2) is 7.75. The number of likely N-dealkylation sites (tertiary alicyclic amines) is 1. The van der Waals surface area contributed by atoms with Crippen LogP contribution in [-0.4, -0.2) is 49.4 Å². The topological polar surface area (TPSA) is 52.7 Å². The Labute approximate surface area is 155 Å². The van der Waals surface area contributed by atoms with Gasteiger partial charge in [0.2, 0.25) is 11.8 Å². The Bertz CT molecular complexity index is 637. The highest BCUT2D eigenvalue weighted by atomic mass is 35.5. The lowest BCUT2D eigenvalue weighted by atomic mass is 9.92. The minimum Gasteiger partial charge on any atom is -0.341 e. The fourth-order valence-corrected chi connectivity index (χ4v) is 4.37. The van der Waals surface area contributed by atoms with E-state index in [1.54, 1.807) is 4.90 Å². The van der Waals surface area contributed by atoms with Gasteiger partial charge >= 0.3 is 0 Å². The summed E-state index contributed by atoms with van der Waals surface area (Å²) in [5.74, 6) is 1.58. The zero-order chi connectivity index (χ0) is 16.5. The van der Waals surface area contributed by atoms with Gasteiger partial charge in [-0.15, -0.1) is 12.4 Å². The number of hydrogen-bond donors (Lipinski definition) is 1. The first-order valence-electron chi connectivity index (χ1n) is 9.09. The van der Waals surface area contributed by atoms with Gasteiger partial charge in [0.25, 0.3) is 0 Å². The van der Waals surface area contributed by atoms with Gasteiger partial charge in [0.1, 0.15) is 6.54 Å². The summed E-state index contributed by atoms with van der Waals surface area (Å²) in [6.45, 7) is 4.01. The third kappa shape index (κ3) is 3.67. The van der Waals surface area contributed by atoms with Crippen molar-refractivity contribution < 1.29 is 9.59 Å². The predicted molar refractivity (Wildman–Crippen MR) is 100 cm³/mol. The highest BCUT2D eigenvalue weighted by Crippen LogP contribution is 2.29. The number of hydrogen-bond acceptors (Lipinski definition) is 3. The normalized spacial score (nSPS) is 25.7. The maximum absolute atomic E-state index is 12.8. The van der Waals surface area contributed by atoms with Gasteiger partial charge in [0.05, 0.1) is 0 Å². The number of amides is 2. The molecule has 0 saturated carbocycles. The van der Waals surface area contributed by atoms with E-state index >= 15 is 0 Å². The summed E-state index contributed by atoms with van der Waals surface area (Å²) >= 11 is 0. The summed E-state index contributed by atoms with van der Waals surface area (Å²) in [4.78, 5) is 28.8. The summed E-state index contributed by atoms with van der Waals surface area (Å²) in [6, 6.07) is 7.95. The van der Waals surface area contributed by atoms with E-state index < -0.39 is 0 Å². The van der Waals surface area contributed by atoms with Crippen LogP contribution in [0, 0.1) is 11.8 Å². The van der Waals surface area contributed by atoms with E-state index in [1.165, 1.54) is 5.56 Å². The highest BCUT2D eigenvalue weighted by molar-refractivity contribution is 6.01. The van der Waals surface area contributed by atoms with E-state index in [1.807, 2.05) is 23.1 Å². The monoisotopic (exact) mass is 363 g/mol. The number of carbonyl (C=O) groups is 2. The molecule has 3 heterocycles. The first-order valence-corrected chi connectivity index (χ1v) is 9.09. The van der Waals surface area contributed by atoms with Gasteiger partial charge < -0.3 is 15.1 Å². The second-order valence-corrected chi connectivity index (χ2v) is 7.25. The summed E-state index contributed by atoms with van der Waals surface area (Å²) in [6.07, 6.45) is 3.43. The van der Waals surface area contributed by atoms with Gasteiger partial charge in [-0.3, -0.25) is 9.59 Å². The van der Waals surface area contributed by atoms with E-state index in [0.29, 0.717) is 18.3 Å². The van der Waals surface area contributed by atoms with Crippen molar-refractivity contribution in [1.82, 2.24) is 10.2 Å². The molecule has 0 radical (unpaired) electrons. The first-order chi connectivity index (χ1) is 11.7. The molecular formula is C19H26ClN3O2. The van der Waals surface area contributed by atoms with Crippen molar-refractivity contribution >= 4 is 29.9 Å². The molecule has 0 unspecified atom stereocenters. The minimum absolute atomic E-state index is 0. The second-order valence-electron chi connectivity index (χ2n) is 7.25. The lowest BCUT2D eigenvalue weighted by Gasteiger charge is -2.31. The summed E-state index contributed by atoms with van der Waals surface area (Å²) in [7, 11) is 0. The predicted octanol–water partition coefficient (Wildman–Crippen LogP) is 1.85. The van der Waals surface area contributed by atoms with Crippen LogP contribution in [0.1, 0.15) is 24.8 Å². The van der Waals surface area contributed by atoms with Crippen LogP contribution in [0.25, 0.3) is 0 Å². The Morgan fingerprint density at radius 2 is 1.76 bits per heavy atom. The number of halogens is 1. The van der Waals surface area contributed by atoms with Crippen LogP contribution in [0.15, 0.2) is 24.3 Å². The average molecular weight is 364 g/mol. The number of aryl methyl sites for hydroxylation is 1. The molecule has 0 bridgehead atoms. The third-order valence-electron chi connectivity index (χ3n) is 5.86. The van der Waals surface area contributed by atoms with Gasteiger partial charge in [-0.2, -0.15) is 0 Å². The number of fused-ring (bicyclic) bond motifs is 2. The maximum atomic E-state index is 12.8. The van der Waals surface area contributed by atoms with E-state index in [0.717, 1.165) is 51.1 Å². The molecule has 2 saturated heterocycles. The van der Waals surface area contributed by atoms with Crippen LogP contribution in [0.4, 0.5) is 5.69 Å². The smallest absolute Gasteiger partial charge is 0.242 e. The van der Waals surface area contributed by atoms with Gasteiger partial charge in [0, 0.05) is 25.2 Å². The van der Waals surface area contributed by atoms with E-state index in [-0.39, 0.29) is 30.8 Å². The number of anilines is 1. The zero-order valence-corrected chi connectivity index (χ0v) is 15.3. The Morgan fingerprint density at radius 1 is 1.08 bits per heavy atom. The number of para-hydroxylation sites is 1. The molecule has 0 spiro atoms. The minimum atomic E-state index is 0. The largest absolute Gasteiger partial charge is 0.341 e. The van der Waals surface area contributed by atoms with Crippen molar-refractivity contribution in [2.75, 3.05) is 37.6 Å². The van der Waals surface area contributed by atoms with Crippen molar-refractivity contribution in [3.05, 3.63) is 29.8 Å². The summed E-state index contributed by atoms with van der Waals surface area (Å²) < 4.78 is 0. The molecule has 0 aromatic heterocycles. The Balaban J connectivity index is 0.00000182. The molecule has 136 valence electrons. The molecule has 1 aromatic rings. The lowest BCUT2D eigenvalue weighted by Crippen LogP contribution is -2.45. The molecule has 25 heavy (non-hydrogen) atoms. The number of benzene rings is 1. The quantitative estimate of drug-likeness (QED) is 0.872. The van der Waals surface area contributed by atoms with Gasteiger partial charge in [-0.1, -0.05) is 18.2 Å². The zero-order valence-electron chi connectivity index (χ0n) is 14.4. The summed E-state index contributed by atoms with van der Waals surface area (Å²) in [5, 5.41) is 3.46. The average Bonchev–Trinajstić information content (AvgIpc) is 2.95. The molecule has 2 atom stereocenters. The maximum Gasteiger partial charge on any atom is 0.242 e. The molecule has 2 fully saturated rings. The SMILES string of the molecule is Cl.O=C(CN1C(=O)CCc2ccccc21)N1CC[C@@H]2CNC[C@@H]2CC1. The van der Waals surface area contributed by atoms with Crippen molar-refractivity contribution in [2.24, 2.45) is 11.8 Å². The van der Waals surface area contributed by atoms with Crippen LogP contribution >= 0.6 is 12.4 Å². The van der Waals surface area contributed by atoms with Crippen LogP contribution in [0.5, 0.6) is 0 Å². The van der Waals surface area contributed by atoms with Crippen LogP contribution in [0.3, 0.4) is 0 Å². The van der Waals surface area contributed by atoms with Crippen LogP contribution in [0.2, 0.25) is 0 Å². The lowest BCUT2D eigenvalue weighted by molar-refractivity contribution is -0.131. The molecule has 4 rings (SSSR count). The standard InChI is InChI=1S/C19H25N3O2.ClH/c23-18-6-5-14-3-1-2-4-17(14)22(18)13-19(24)21-9-7-15-11-20-12-16(15)8-10-21;/h1-4,15-16,20H,5-13H2;1H/t15-,16+;. The fraction of sp³-hybridized carbons (Fsp3) is 0.579. The third-order valence-corrected chi connectivity index (χ3v) is 5.86. The van der Waals surface area contributed by atoms with E-state index in [9.17, 15) is 9.59 Å². The molecule has 2 amide bonds. The van der Waals surface area contributed by atoms with Crippen LogP contribution < -0.4 is 10.2 Å². The van der Waals surface area contributed by atoms with Gasteiger partial charge in [-0.05, 0) is 55.8 Å². The summed E-state index contributed by atoms with van der Waals surface area (Å²) in [5.41, 5.74) is 2.08. The number of nitrogens with zero attached hydrogens (tertiary/aromatic N) is 2. The van der Waals surface area contributed by atoms with Gasteiger partial charge in [0.15, 0.2) is 0 Å². The van der Waals surface area contributed by atoms with Crippen molar-refractivity contribution in [2.45, 2.75) is 25.7 Å². The Hall–Kier alpha value is -1.59. The molecular weight excluding hydrogens is 338 g/mol. The number of rotatable bonds is 2. The van der Waals surface area contributed by atoms with Crippen molar-refractivity contribution in [3.8, 4) is 0 Å². The molecule has 6 heteroatoms. The molecule has 3 aliphatic heterocycles. The fourth-order valence-electron chi connectivity index (χ4n) is 4.37. The molecule has 5 nitrogen and oxygen atoms in total. The number of nitrogens with one attached hydrogen (secondary N) is 1. The number of carbonyl (C=O) groups excluding carboxylic acids is 2. The molecule has 3 aliphatic rings. The molecule has 1 N–H and O–H groups in total. The van der Waals surface area contributed by atoms with Crippen molar-refractivity contribution in [3.63, 3.8) is 0 Å². The Morgan fingerprint density at radius 3 is 2.48 bits per heavy atom. The molecule has 1 aromatic carbocycles. The van der Waals surface area contributed by atoms with E-state index in [2.05, 4.69) is 11.4 Å². The highest BCUT2D eigenvalue weighted by Gasteiger charge is 2.33.